The molecule has 368 valence electrons. The van der Waals surface area contributed by atoms with Gasteiger partial charge in [-0.15, -0.1) is 0 Å². The summed E-state index contributed by atoms with van der Waals surface area (Å²) < 4.78 is 11.0. The Morgan fingerprint density at radius 2 is 1.53 bits per heavy atom. The van der Waals surface area contributed by atoms with Crippen molar-refractivity contribution in [3.63, 3.8) is 0 Å². The number of likely N-dealkylation sites (tertiary alicyclic amines) is 1. The molecule has 3 aromatic carbocycles. The average molecular weight is 979 g/mol. The van der Waals surface area contributed by atoms with E-state index in [4.69, 9.17) is 20.9 Å². The minimum atomic E-state index is -1.01. The summed E-state index contributed by atoms with van der Waals surface area (Å²) in [5, 5.41) is 21.5. The second-order valence-electron chi connectivity index (χ2n) is 18.4. The zero-order valence-electron chi connectivity index (χ0n) is 38.8. The number of amides is 6. The Labute approximate surface area is 408 Å². The van der Waals surface area contributed by atoms with Crippen LogP contribution in [-0.4, -0.2) is 173 Å². The van der Waals surface area contributed by atoms with Gasteiger partial charge in [0.2, 0.25) is 23.3 Å². The van der Waals surface area contributed by atoms with E-state index in [2.05, 4.69) is 30.5 Å². The molecule has 6 amide bonds. The molecule has 0 aliphatic carbocycles. The van der Waals surface area contributed by atoms with Crippen molar-refractivity contribution in [2.45, 2.75) is 44.7 Å². The molecule has 5 aliphatic rings. The van der Waals surface area contributed by atoms with Crippen molar-refractivity contribution < 1.29 is 43.0 Å². The molecule has 5 aliphatic heterocycles. The molecule has 21 heteroatoms. The van der Waals surface area contributed by atoms with Crippen LogP contribution in [0.4, 0.5) is 11.4 Å². The molecule has 2 N–H and O–H groups in total. The number of nitro groups is 1. The van der Waals surface area contributed by atoms with Gasteiger partial charge in [-0.2, -0.15) is 0 Å². The van der Waals surface area contributed by atoms with Crippen molar-refractivity contribution in [1.82, 2.24) is 39.9 Å². The van der Waals surface area contributed by atoms with Crippen molar-refractivity contribution in [3.05, 3.63) is 116 Å². The molecule has 0 bridgehead atoms. The van der Waals surface area contributed by atoms with Gasteiger partial charge in [0.05, 0.1) is 22.1 Å². The lowest BCUT2D eigenvalue weighted by atomic mass is 9.96. The van der Waals surface area contributed by atoms with Crippen molar-refractivity contribution in [2.75, 3.05) is 97.0 Å². The van der Waals surface area contributed by atoms with Gasteiger partial charge >= 0.3 is 5.69 Å². The summed E-state index contributed by atoms with van der Waals surface area (Å²) in [5.41, 5.74) is 2.34. The molecule has 0 saturated carbocycles. The molecule has 0 spiro atoms. The van der Waals surface area contributed by atoms with E-state index >= 15 is 0 Å². The Morgan fingerprint density at radius 3 is 2.20 bits per heavy atom. The number of nitrogens with zero attached hydrogens (tertiary/aromatic N) is 8. The number of halogens is 1. The van der Waals surface area contributed by atoms with Crippen molar-refractivity contribution in [1.29, 1.82) is 0 Å². The van der Waals surface area contributed by atoms with E-state index in [1.165, 1.54) is 6.92 Å². The number of carbonyl (C=O) groups excluding carboxylic acids is 6. The van der Waals surface area contributed by atoms with Gasteiger partial charge in [0.15, 0.2) is 6.61 Å². The zero-order chi connectivity index (χ0) is 49.1. The molecule has 4 aromatic rings. The first-order valence-electron chi connectivity index (χ1n) is 23.8. The summed E-state index contributed by atoms with van der Waals surface area (Å²) in [6.45, 7) is 10.3. The van der Waals surface area contributed by atoms with Gasteiger partial charge < -0.3 is 29.3 Å². The van der Waals surface area contributed by atoms with Gasteiger partial charge in [-0.05, 0) is 72.7 Å². The van der Waals surface area contributed by atoms with Crippen LogP contribution in [0.25, 0.3) is 0 Å². The molecule has 4 fully saturated rings. The maximum absolute atomic E-state index is 13.5. The van der Waals surface area contributed by atoms with Gasteiger partial charge in [0, 0.05) is 109 Å². The van der Waals surface area contributed by atoms with Crippen LogP contribution in [0, 0.1) is 23.0 Å². The molecule has 70 heavy (non-hydrogen) atoms. The predicted octanol–water partition coefficient (Wildman–Crippen LogP) is 3.84. The van der Waals surface area contributed by atoms with Gasteiger partial charge in [-0.3, -0.25) is 58.9 Å². The van der Waals surface area contributed by atoms with Crippen LogP contribution in [0.15, 0.2) is 71.3 Å². The van der Waals surface area contributed by atoms with Crippen LogP contribution in [0.5, 0.6) is 5.75 Å². The quantitative estimate of drug-likeness (QED) is 0.0981. The number of aromatic nitrogens is 1. The Morgan fingerprint density at radius 1 is 0.857 bits per heavy atom. The normalized spacial score (nSPS) is 20.1. The number of piperidine rings is 2. The lowest BCUT2D eigenvalue weighted by Gasteiger charge is -2.39. The van der Waals surface area contributed by atoms with Gasteiger partial charge in [0.1, 0.15) is 11.8 Å². The maximum Gasteiger partial charge on any atom is 0.344 e. The first kappa shape index (κ1) is 48.3. The van der Waals surface area contributed by atoms with E-state index in [1.807, 2.05) is 53.4 Å². The fourth-order valence-corrected chi connectivity index (χ4v) is 10.4. The standard InChI is InChI=1S/C49H55ClN10O10/c1-31-44(60(67)68)43(53-70-31)49(66)58-27-25-57(26-28-58)45(33-5-9-35(50)10-6-33)34-7-11-36(12-8-34)69-30-41(62)56-18-15-32(16-19-56)29-55-23-21-54(22-24-55)20-17-51-38-4-2-3-37-42(38)48(65)59(47(37)64)39-13-14-40(61)52-46(39)63/h2-12,32,39,45,51H,13-30H2,1H3,(H,52,61,63). The molecule has 9 rings (SSSR count). The third-order valence-electron chi connectivity index (χ3n) is 14.1. The average Bonchev–Trinajstić information content (AvgIpc) is 3.88. The maximum atomic E-state index is 13.5. The minimum Gasteiger partial charge on any atom is -0.484 e. The summed E-state index contributed by atoms with van der Waals surface area (Å²) in [4.78, 5) is 99.9. The molecule has 1 aromatic heterocycles. The molecule has 0 radical (unpaired) electrons. The topological polar surface area (TPSA) is 224 Å². The van der Waals surface area contributed by atoms with Crippen LogP contribution < -0.4 is 15.4 Å². The number of hydrogen-bond acceptors (Lipinski definition) is 15. The number of nitrogens with one attached hydrogen (secondary N) is 2. The van der Waals surface area contributed by atoms with Crippen molar-refractivity contribution in [2.24, 2.45) is 5.92 Å². The summed E-state index contributed by atoms with van der Waals surface area (Å²) in [6, 6.07) is 19.2. The molecule has 4 saturated heterocycles. The largest absolute Gasteiger partial charge is 0.484 e. The number of imide groups is 2. The summed E-state index contributed by atoms with van der Waals surface area (Å²) in [7, 11) is 0. The first-order chi connectivity index (χ1) is 33.8. The summed E-state index contributed by atoms with van der Waals surface area (Å²) in [6.07, 6.45) is 2.01. The Bertz CT molecular complexity index is 2640. The minimum absolute atomic E-state index is 0.0168. The molecule has 6 heterocycles. The number of carbonyl (C=O) groups is 6. The predicted molar refractivity (Wildman–Crippen MR) is 254 cm³/mol. The lowest BCUT2D eigenvalue weighted by Crippen LogP contribution is -2.54. The molecular weight excluding hydrogens is 924 g/mol. The first-order valence-corrected chi connectivity index (χ1v) is 24.1. The number of ether oxygens (including phenoxy) is 1. The van der Waals surface area contributed by atoms with E-state index < -0.39 is 46.2 Å². The number of aryl methyl sites for hydroxylation is 1. The number of fused-ring (bicyclic) bond motifs is 1. The van der Waals surface area contributed by atoms with Gasteiger partial charge in [-0.1, -0.05) is 47.1 Å². The van der Waals surface area contributed by atoms with Gasteiger partial charge in [-0.25, -0.2) is 0 Å². The van der Waals surface area contributed by atoms with E-state index in [1.54, 1.807) is 23.1 Å². The van der Waals surface area contributed by atoms with Crippen LogP contribution in [0.2, 0.25) is 5.02 Å². The van der Waals surface area contributed by atoms with Crippen LogP contribution in [-0.2, 0) is 14.4 Å². The summed E-state index contributed by atoms with van der Waals surface area (Å²) in [5.74, 6) is -1.64. The number of rotatable bonds is 15. The van der Waals surface area contributed by atoms with Gasteiger partial charge in [0.25, 0.3) is 23.6 Å². The fraction of sp³-hybridized carbons (Fsp3) is 0.449. The highest BCUT2D eigenvalue weighted by molar-refractivity contribution is 6.30. The highest BCUT2D eigenvalue weighted by Gasteiger charge is 2.46. The third-order valence-corrected chi connectivity index (χ3v) is 14.3. The van der Waals surface area contributed by atoms with Crippen LogP contribution >= 0.6 is 11.6 Å². The molecule has 2 unspecified atom stereocenters. The molecular formula is C49H55ClN10O10. The molecule has 20 nitrogen and oxygen atoms in total. The second-order valence-corrected chi connectivity index (χ2v) is 18.8. The van der Waals surface area contributed by atoms with Crippen molar-refractivity contribution >= 4 is 58.4 Å². The van der Waals surface area contributed by atoms with Crippen molar-refractivity contribution in [3.8, 4) is 5.75 Å². The number of piperazine rings is 2. The fourth-order valence-electron chi connectivity index (χ4n) is 10.2. The zero-order valence-corrected chi connectivity index (χ0v) is 39.6. The van der Waals surface area contributed by atoms with E-state index in [-0.39, 0.29) is 54.0 Å². The highest BCUT2D eigenvalue weighted by Crippen LogP contribution is 2.34. The Hall–Kier alpha value is -6.74. The van der Waals surface area contributed by atoms with E-state index in [9.17, 15) is 38.9 Å². The number of benzene rings is 3. The number of anilines is 1. The molecule has 2 atom stereocenters. The Balaban J connectivity index is 0.697. The SMILES string of the molecule is Cc1onc(C(=O)N2CCN(C(c3ccc(Cl)cc3)c3ccc(OCC(=O)N4CCC(CN5CCN(CCNc6cccc7c6C(=O)N(C6CCC(=O)NC6=O)C7=O)CC5)CC4)cc3)CC2)c1[N+](=O)[O-]. The smallest absolute Gasteiger partial charge is 0.344 e. The highest BCUT2D eigenvalue weighted by atomic mass is 35.5. The second kappa shape index (κ2) is 21.1. The monoisotopic (exact) mass is 978 g/mol. The van der Waals surface area contributed by atoms with Crippen LogP contribution in [0.3, 0.4) is 0 Å². The summed E-state index contributed by atoms with van der Waals surface area (Å²) >= 11 is 6.25. The van der Waals surface area contributed by atoms with E-state index in [0.717, 1.165) is 68.1 Å². The Kier molecular flexibility index (Phi) is 14.5. The lowest BCUT2D eigenvalue weighted by molar-refractivity contribution is -0.386. The van der Waals surface area contributed by atoms with E-state index in [0.29, 0.717) is 68.2 Å². The van der Waals surface area contributed by atoms with Crippen LogP contribution in [0.1, 0.15) is 79.8 Å². The third kappa shape index (κ3) is 10.4. The number of hydrogen-bond donors (Lipinski definition) is 2.